The molecule has 100 valence electrons. The summed E-state index contributed by atoms with van der Waals surface area (Å²) in [6, 6.07) is 7.35. The molecule has 0 bridgehead atoms. The summed E-state index contributed by atoms with van der Waals surface area (Å²) < 4.78 is 0. The molecular weight excluding hydrogens is 220 g/mol. The number of benzene rings is 1. The Hall–Kier alpha value is -0.860. The minimum Gasteiger partial charge on any atom is -0.329 e. The molecule has 0 aliphatic heterocycles. The number of nitrogens with zero attached hydrogens (tertiary/aromatic N) is 1. The van der Waals surface area contributed by atoms with Gasteiger partial charge in [-0.25, -0.2) is 0 Å². The van der Waals surface area contributed by atoms with Gasteiger partial charge in [0.15, 0.2) is 0 Å². The minimum atomic E-state index is 0.757. The Morgan fingerprint density at radius 1 is 1.17 bits per heavy atom. The topological polar surface area (TPSA) is 29.3 Å². The van der Waals surface area contributed by atoms with E-state index >= 15 is 0 Å². The number of nitrogens with two attached hydrogens (primary N) is 1. The molecule has 0 aromatic heterocycles. The fourth-order valence-corrected chi connectivity index (χ4v) is 3.13. The molecule has 0 spiro atoms. The maximum atomic E-state index is 5.79. The average Bonchev–Trinajstić information content (AvgIpc) is 2.86. The summed E-state index contributed by atoms with van der Waals surface area (Å²) >= 11 is 0. The Morgan fingerprint density at radius 2 is 1.78 bits per heavy atom. The van der Waals surface area contributed by atoms with E-state index in [1.165, 1.54) is 42.4 Å². The van der Waals surface area contributed by atoms with E-state index in [4.69, 9.17) is 5.73 Å². The number of aryl methyl sites for hydroxylation is 2. The van der Waals surface area contributed by atoms with Crippen molar-refractivity contribution in [3.05, 3.63) is 34.9 Å². The summed E-state index contributed by atoms with van der Waals surface area (Å²) in [5.41, 5.74) is 10.1. The van der Waals surface area contributed by atoms with Crippen LogP contribution in [-0.4, -0.2) is 24.0 Å². The van der Waals surface area contributed by atoms with E-state index in [-0.39, 0.29) is 0 Å². The van der Waals surface area contributed by atoms with Gasteiger partial charge in [0.2, 0.25) is 0 Å². The van der Waals surface area contributed by atoms with Gasteiger partial charge in [0, 0.05) is 25.7 Å². The number of hydrogen-bond donors (Lipinski definition) is 1. The molecule has 1 aromatic rings. The first-order valence-corrected chi connectivity index (χ1v) is 7.21. The van der Waals surface area contributed by atoms with Crippen molar-refractivity contribution in [3.8, 4) is 0 Å². The van der Waals surface area contributed by atoms with E-state index < -0.39 is 0 Å². The largest absolute Gasteiger partial charge is 0.329 e. The lowest BCUT2D eigenvalue weighted by Gasteiger charge is -2.29. The third-order valence-corrected chi connectivity index (χ3v) is 4.26. The molecule has 0 heterocycles. The molecule has 0 unspecified atom stereocenters. The fraction of sp³-hybridized carbons (Fsp3) is 0.625. The highest BCUT2D eigenvalue weighted by atomic mass is 15.2. The van der Waals surface area contributed by atoms with Crippen LogP contribution in [0.3, 0.4) is 0 Å². The second-order valence-corrected chi connectivity index (χ2v) is 5.57. The smallest absolute Gasteiger partial charge is 0.0242 e. The van der Waals surface area contributed by atoms with Gasteiger partial charge in [0.25, 0.3) is 0 Å². The highest BCUT2D eigenvalue weighted by Gasteiger charge is 2.22. The fourth-order valence-electron chi connectivity index (χ4n) is 3.13. The van der Waals surface area contributed by atoms with E-state index in [1.54, 1.807) is 0 Å². The van der Waals surface area contributed by atoms with Crippen LogP contribution >= 0.6 is 0 Å². The molecule has 2 nitrogen and oxygen atoms in total. The van der Waals surface area contributed by atoms with Gasteiger partial charge in [-0.05, 0) is 43.4 Å². The van der Waals surface area contributed by atoms with Crippen LogP contribution in [0.4, 0.5) is 0 Å². The predicted octanol–water partition coefficient (Wildman–Crippen LogP) is 3.01. The zero-order valence-corrected chi connectivity index (χ0v) is 11.8. The molecule has 1 saturated carbocycles. The quantitative estimate of drug-likeness (QED) is 0.865. The van der Waals surface area contributed by atoms with E-state index in [2.05, 4.69) is 36.9 Å². The lowest BCUT2D eigenvalue weighted by atomic mass is 10.0. The highest BCUT2D eigenvalue weighted by Crippen LogP contribution is 2.26. The SMILES string of the molecule is Cc1cccc(C)c1CN(CCN)C1CCCC1. The maximum absolute atomic E-state index is 5.79. The monoisotopic (exact) mass is 246 g/mol. The molecule has 2 rings (SSSR count). The zero-order valence-electron chi connectivity index (χ0n) is 11.8. The van der Waals surface area contributed by atoms with Gasteiger partial charge in [-0.2, -0.15) is 0 Å². The van der Waals surface area contributed by atoms with Crippen molar-refractivity contribution in [2.75, 3.05) is 13.1 Å². The summed E-state index contributed by atoms with van der Waals surface area (Å²) in [5.74, 6) is 0. The van der Waals surface area contributed by atoms with Crippen LogP contribution in [0.1, 0.15) is 42.4 Å². The van der Waals surface area contributed by atoms with Crippen LogP contribution in [0.5, 0.6) is 0 Å². The molecule has 0 radical (unpaired) electrons. The van der Waals surface area contributed by atoms with Gasteiger partial charge < -0.3 is 5.73 Å². The van der Waals surface area contributed by atoms with Crippen LogP contribution < -0.4 is 5.73 Å². The first-order chi connectivity index (χ1) is 8.72. The lowest BCUT2D eigenvalue weighted by molar-refractivity contribution is 0.194. The van der Waals surface area contributed by atoms with Crippen molar-refractivity contribution in [3.63, 3.8) is 0 Å². The lowest BCUT2D eigenvalue weighted by Crippen LogP contribution is -2.37. The Labute approximate surface area is 111 Å². The van der Waals surface area contributed by atoms with Crippen molar-refractivity contribution >= 4 is 0 Å². The third-order valence-electron chi connectivity index (χ3n) is 4.26. The van der Waals surface area contributed by atoms with Crippen molar-refractivity contribution < 1.29 is 0 Å². The molecular formula is C16H26N2. The summed E-state index contributed by atoms with van der Waals surface area (Å²) in [4.78, 5) is 2.60. The minimum absolute atomic E-state index is 0.757. The summed E-state index contributed by atoms with van der Waals surface area (Å²) in [5, 5.41) is 0. The van der Waals surface area contributed by atoms with Crippen molar-refractivity contribution in [2.45, 2.75) is 52.1 Å². The molecule has 0 amide bonds. The Kier molecular flexibility index (Phi) is 4.79. The second-order valence-electron chi connectivity index (χ2n) is 5.57. The molecule has 18 heavy (non-hydrogen) atoms. The van der Waals surface area contributed by atoms with E-state index in [0.29, 0.717) is 0 Å². The van der Waals surface area contributed by atoms with Crippen LogP contribution in [-0.2, 0) is 6.54 Å². The van der Waals surface area contributed by atoms with Gasteiger partial charge in [-0.1, -0.05) is 31.0 Å². The van der Waals surface area contributed by atoms with Gasteiger partial charge in [0.05, 0.1) is 0 Å². The second kappa shape index (κ2) is 6.35. The van der Waals surface area contributed by atoms with Gasteiger partial charge in [-0.3, -0.25) is 4.90 Å². The van der Waals surface area contributed by atoms with Crippen molar-refractivity contribution in [1.82, 2.24) is 4.90 Å². The molecule has 0 saturated heterocycles. The molecule has 1 aromatic carbocycles. The van der Waals surface area contributed by atoms with Crippen molar-refractivity contribution in [1.29, 1.82) is 0 Å². The highest BCUT2D eigenvalue weighted by molar-refractivity contribution is 5.33. The summed E-state index contributed by atoms with van der Waals surface area (Å²) in [6.07, 6.45) is 5.48. The van der Waals surface area contributed by atoms with Gasteiger partial charge >= 0.3 is 0 Å². The summed E-state index contributed by atoms with van der Waals surface area (Å²) in [6.45, 7) is 7.30. The Balaban J connectivity index is 2.12. The maximum Gasteiger partial charge on any atom is 0.0242 e. The van der Waals surface area contributed by atoms with Crippen LogP contribution in [0.2, 0.25) is 0 Å². The van der Waals surface area contributed by atoms with E-state index in [1.807, 2.05) is 0 Å². The van der Waals surface area contributed by atoms with Crippen molar-refractivity contribution in [2.24, 2.45) is 5.73 Å². The third kappa shape index (κ3) is 3.12. The Morgan fingerprint density at radius 3 is 2.33 bits per heavy atom. The molecule has 2 heteroatoms. The standard InChI is InChI=1S/C16H26N2/c1-13-6-5-7-14(2)16(13)12-18(11-10-17)15-8-3-4-9-15/h5-7,15H,3-4,8-12,17H2,1-2H3. The van der Waals surface area contributed by atoms with Gasteiger partial charge in [-0.15, -0.1) is 0 Å². The van der Waals surface area contributed by atoms with E-state index in [0.717, 1.165) is 25.7 Å². The normalized spacial score (nSPS) is 16.7. The van der Waals surface area contributed by atoms with E-state index in [9.17, 15) is 0 Å². The summed E-state index contributed by atoms with van der Waals surface area (Å²) in [7, 11) is 0. The average molecular weight is 246 g/mol. The molecule has 1 aliphatic rings. The predicted molar refractivity (Wildman–Crippen MR) is 77.6 cm³/mol. The molecule has 2 N–H and O–H groups in total. The first kappa shape index (κ1) is 13.6. The van der Waals surface area contributed by atoms with Crippen LogP contribution in [0.15, 0.2) is 18.2 Å². The zero-order chi connectivity index (χ0) is 13.0. The van der Waals surface area contributed by atoms with Gasteiger partial charge in [0.1, 0.15) is 0 Å². The number of hydrogen-bond acceptors (Lipinski definition) is 2. The number of rotatable bonds is 5. The molecule has 1 fully saturated rings. The molecule has 1 aliphatic carbocycles. The van der Waals surface area contributed by atoms with Crippen LogP contribution in [0, 0.1) is 13.8 Å². The molecule has 0 atom stereocenters. The Bertz CT molecular complexity index is 360. The first-order valence-electron chi connectivity index (χ1n) is 7.21. The van der Waals surface area contributed by atoms with Crippen LogP contribution in [0.25, 0.3) is 0 Å².